The number of benzene rings is 1. The predicted octanol–water partition coefficient (Wildman–Crippen LogP) is 1.42. The number of carbonyl (C=O) groups excluding carboxylic acids is 1. The van der Waals surface area contributed by atoms with Gasteiger partial charge in [0.05, 0.1) is 10.9 Å². The second kappa shape index (κ2) is 6.49. The van der Waals surface area contributed by atoms with Gasteiger partial charge in [-0.25, -0.2) is 9.78 Å². The number of fused-ring (bicyclic) bond motifs is 1. The summed E-state index contributed by atoms with van der Waals surface area (Å²) in [6, 6.07) is 10.4. The fourth-order valence-electron chi connectivity index (χ4n) is 2.49. The molecule has 122 valence electrons. The third kappa shape index (κ3) is 3.10. The van der Waals surface area contributed by atoms with Crippen molar-refractivity contribution < 1.29 is 4.79 Å². The fourth-order valence-corrected chi connectivity index (χ4v) is 2.49. The lowest BCUT2D eigenvalue weighted by atomic mass is 10.2. The number of aromatic nitrogens is 3. The van der Waals surface area contributed by atoms with Crippen molar-refractivity contribution in [2.24, 2.45) is 0 Å². The van der Waals surface area contributed by atoms with Crippen LogP contribution in [0.5, 0.6) is 0 Å². The number of hydrogen-bond acceptors (Lipinski definition) is 4. The van der Waals surface area contributed by atoms with Crippen molar-refractivity contribution >= 4 is 22.6 Å². The molecule has 0 bridgehead atoms. The number of rotatable bonds is 4. The molecule has 24 heavy (non-hydrogen) atoms. The van der Waals surface area contributed by atoms with E-state index in [9.17, 15) is 14.4 Å². The van der Waals surface area contributed by atoms with Crippen LogP contribution in [0.2, 0.25) is 0 Å². The number of anilines is 1. The number of carbonyl (C=O) groups is 1. The lowest BCUT2D eigenvalue weighted by Gasteiger charge is -2.10. The Balaban J connectivity index is 1.81. The van der Waals surface area contributed by atoms with Gasteiger partial charge in [0.25, 0.3) is 5.56 Å². The van der Waals surface area contributed by atoms with Crippen molar-refractivity contribution in [1.29, 1.82) is 0 Å². The minimum Gasteiger partial charge on any atom is -0.310 e. The predicted molar refractivity (Wildman–Crippen MR) is 91.0 cm³/mol. The first-order valence-corrected chi connectivity index (χ1v) is 7.49. The molecule has 2 N–H and O–H groups in total. The molecule has 1 amide bonds. The molecule has 0 aliphatic heterocycles. The SMILES string of the molecule is Cc1cccnc1NC(=O)CCn1c(=O)[nH]c(=O)c2ccccc21. The number of para-hydroxylation sites is 1. The molecule has 0 saturated heterocycles. The highest BCUT2D eigenvalue weighted by Crippen LogP contribution is 2.10. The second-order valence-electron chi connectivity index (χ2n) is 5.40. The number of pyridine rings is 1. The van der Waals surface area contributed by atoms with E-state index in [0.29, 0.717) is 16.7 Å². The van der Waals surface area contributed by atoms with E-state index in [1.165, 1.54) is 4.57 Å². The zero-order valence-electron chi connectivity index (χ0n) is 13.1. The minimum atomic E-state index is -0.527. The van der Waals surface area contributed by atoms with Gasteiger partial charge in [0.2, 0.25) is 5.91 Å². The number of aromatic amines is 1. The van der Waals surface area contributed by atoms with Gasteiger partial charge >= 0.3 is 5.69 Å². The van der Waals surface area contributed by atoms with E-state index in [0.717, 1.165) is 5.56 Å². The molecule has 0 radical (unpaired) electrons. The lowest BCUT2D eigenvalue weighted by Crippen LogP contribution is -2.31. The van der Waals surface area contributed by atoms with E-state index < -0.39 is 11.2 Å². The first-order chi connectivity index (χ1) is 11.6. The molecule has 0 fully saturated rings. The third-order valence-corrected chi connectivity index (χ3v) is 3.73. The number of nitrogens with one attached hydrogen (secondary N) is 2. The molecular weight excluding hydrogens is 308 g/mol. The van der Waals surface area contributed by atoms with Crippen LogP contribution < -0.4 is 16.6 Å². The Kier molecular flexibility index (Phi) is 4.24. The van der Waals surface area contributed by atoms with Crippen LogP contribution in [0.3, 0.4) is 0 Å². The Morgan fingerprint density at radius 3 is 2.79 bits per heavy atom. The van der Waals surface area contributed by atoms with E-state index in [4.69, 9.17) is 0 Å². The first kappa shape index (κ1) is 15.7. The summed E-state index contributed by atoms with van der Waals surface area (Å²) in [4.78, 5) is 42.3. The zero-order chi connectivity index (χ0) is 17.1. The van der Waals surface area contributed by atoms with Crippen LogP contribution in [-0.4, -0.2) is 20.4 Å². The molecule has 0 spiro atoms. The van der Waals surface area contributed by atoms with Crippen LogP contribution in [0.15, 0.2) is 52.2 Å². The summed E-state index contributed by atoms with van der Waals surface area (Å²) < 4.78 is 1.39. The summed E-state index contributed by atoms with van der Waals surface area (Å²) in [7, 11) is 0. The molecule has 0 aliphatic rings. The van der Waals surface area contributed by atoms with Gasteiger partial charge in [-0.1, -0.05) is 18.2 Å². The molecule has 0 atom stereocenters. The van der Waals surface area contributed by atoms with E-state index in [-0.39, 0.29) is 18.9 Å². The van der Waals surface area contributed by atoms with Gasteiger partial charge in [0.1, 0.15) is 5.82 Å². The highest BCUT2D eigenvalue weighted by Gasteiger charge is 2.10. The molecule has 2 aromatic heterocycles. The summed E-state index contributed by atoms with van der Waals surface area (Å²) in [5.41, 5.74) is 0.409. The average Bonchev–Trinajstić information content (AvgIpc) is 2.57. The van der Waals surface area contributed by atoms with Crippen molar-refractivity contribution in [2.45, 2.75) is 19.9 Å². The van der Waals surface area contributed by atoms with Gasteiger partial charge in [0, 0.05) is 19.2 Å². The third-order valence-electron chi connectivity index (χ3n) is 3.73. The maximum Gasteiger partial charge on any atom is 0.328 e. The monoisotopic (exact) mass is 324 g/mol. The topological polar surface area (TPSA) is 96.8 Å². The molecule has 7 heteroatoms. The lowest BCUT2D eigenvalue weighted by molar-refractivity contribution is -0.116. The summed E-state index contributed by atoms with van der Waals surface area (Å²) in [5.74, 6) is 0.250. The van der Waals surface area contributed by atoms with Gasteiger partial charge in [-0.3, -0.25) is 19.1 Å². The molecule has 1 aromatic carbocycles. The van der Waals surface area contributed by atoms with Gasteiger partial charge in [-0.2, -0.15) is 0 Å². The maximum atomic E-state index is 12.1. The number of H-pyrrole nitrogens is 1. The van der Waals surface area contributed by atoms with Crippen molar-refractivity contribution in [3.05, 3.63) is 69.0 Å². The summed E-state index contributed by atoms with van der Waals surface area (Å²) in [5, 5.41) is 3.14. The van der Waals surface area contributed by atoms with Gasteiger partial charge in [-0.05, 0) is 30.7 Å². The second-order valence-corrected chi connectivity index (χ2v) is 5.40. The van der Waals surface area contributed by atoms with Crippen LogP contribution in [-0.2, 0) is 11.3 Å². The van der Waals surface area contributed by atoms with Crippen molar-refractivity contribution in [1.82, 2.24) is 14.5 Å². The standard InChI is InChI=1S/C17H16N4O3/c1-11-5-4-9-18-15(11)19-14(22)8-10-21-13-7-3-2-6-12(13)16(23)20-17(21)24/h2-7,9H,8,10H2,1H3,(H,18,19,22)(H,20,23,24). The minimum absolute atomic E-state index is 0.0892. The molecule has 2 heterocycles. The highest BCUT2D eigenvalue weighted by atomic mass is 16.2. The van der Waals surface area contributed by atoms with Crippen LogP contribution in [0.4, 0.5) is 5.82 Å². The van der Waals surface area contributed by atoms with Gasteiger partial charge in [-0.15, -0.1) is 0 Å². The number of hydrogen-bond donors (Lipinski definition) is 2. The Morgan fingerprint density at radius 1 is 1.21 bits per heavy atom. The average molecular weight is 324 g/mol. The summed E-state index contributed by atoms with van der Waals surface area (Å²) in [6.45, 7) is 2.01. The normalized spacial score (nSPS) is 10.7. The maximum absolute atomic E-state index is 12.1. The highest BCUT2D eigenvalue weighted by molar-refractivity contribution is 5.90. The Morgan fingerprint density at radius 2 is 2.00 bits per heavy atom. The largest absolute Gasteiger partial charge is 0.328 e. The van der Waals surface area contributed by atoms with E-state index in [1.54, 1.807) is 36.5 Å². The molecule has 3 aromatic rings. The molecular formula is C17H16N4O3. The number of nitrogens with zero attached hydrogens (tertiary/aromatic N) is 2. The van der Waals surface area contributed by atoms with E-state index >= 15 is 0 Å². The van der Waals surface area contributed by atoms with E-state index in [2.05, 4.69) is 15.3 Å². The van der Waals surface area contributed by atoms with Crippen molar-refractivity contribution in [3.8, 4) is 0 Å². The Bertz CT molecular complexity index is 1020. The van der Waals surface area contributed by atoms with Crippen LogP contribution in [0.1, 0.15) is 12.0 Å². The molecule has 7 nitrogen and oxygen atoms in total. The van der Waals surface area contributed by atoms with Crippen molar-refractivity contribution in [2.75, 3.05) is 5.32 Å². The zero-order valence-corrected chi connectivity index (χ0v) is 13.1. The molecule has 3 rings (SSSR count). The van der Waals surface area contributed by atoms with Gasteiger partial charge < -0.3 is 5.32 Å². The smallest absolute Gasteiger partial charge is 0.310 e. The summed E-state index contributed by atoms with van der Waals surface area (Å²) in [6.07, 6.45) is 1.69. The number of amides is 1. The quantitative estimate of drug-likeness (QED) is 0.758. The number of aryl methyl sites for hydroxylation is 2. The Hall–Kier alpha value is -3.22. The van der Waals surface area contributed by atoms with E-state index in [1.807, 2.05) is 13.0 Å². The fraction of sp³-hybridized carbons (Fsp3) is 0.176. The van der Waals surface area contributed by atoms with Crippen LogP contribution in [0, 0.1) is 6.92 Å². The van der Waals surface area contributed by atoms with Crippen molar-refractivity contribution in [3.63, 3.8) is 0 Å². The summed E-state index contributed by atoms with van der Waals surface area (Å²) >= 11 is 0. The first-order valence-electron chi connectivity index (χ1n) is 7.49. The van der Waals surface area contributed by atoms with Crippen LogP contribution in [0.25, 0.3) is 10.9 Å². The van der Waals surface area contributed by atoms with Crippen LogP contribution >= 0.6 is 0 Å². The van der Waals surface area contributed by atoms with Gasteiger partial charge in [0.15, 0.2) is 0 Å². The molecule has 0 unspecified atom stereocenters. The Labute approximate surface area is 137 Å². The molecule has 0 aliphatic carbocycles. The molecule has 0 saturated carbocycles.